The first-order valence-corrected chi connectivity index (χ1v) is 7.76. The lowest BCUT2D eigenvalue weighted by Gasteiger charge is -2.33. The molecule has 0 fully saturated rings. The molecule has 1 aliphatic heterocycles. The molecule has 2 amide bonds. The van der Waals surface area contributed by atoms with Crippen molar-refractivity contribution in [3.8, 4) is 0 Å². The highest BCUT2D eigenvalue weighted by Crippen LogP contribution is 2.26. The summed E-state index contributed by atoms with van der Waals surface area (Å²) in [4.78, 5) is 26.5. The number of carbonyl (C=O) groups excluding carboxylic acids is 2. The quantitative estimate of drug-likeness (QED) is 0.909. The largest absolute Gasteiger partial charge is 0.467 e. The van der Waals surface area contributed by atoms with Crippen LogP contribution in [-0.4, -0.2) is 27.6 Å². The van der Waals surface area contributed by atoms with Gasteiger partial charge in [0.1, 0.15) is 17.6 Å². The summed E-state index contributed by atoms with van der Waals surface area (Å²) in [6.45, 7) is 4.64. The van der Waals surface area contributed by atoms with Gasteiger partial charge in [0, 0.05) is 12.5 Å². The molecule has 122 valence electrons. The maximum absolute atomic E-state index is 12.6. The number of nitrogens with zero attached hydrogens (tertiary/aromatic N) is 3. The van der Waals surface area contributed by atoms with Gasteiger partial charge in [-0.15, -0.1) is 0 Å². The number of aryl methyl sites for hydroxylation is 2. The van der Waals surface area contributed by atoms with Crippen LogP contribution in [0.4, 0.5) is 5.82 Å². The minimum atomic E-state index is -0.549. The molecular formula is C16H20N4O3. The molecule has 2 aromatic rings. The van der Waals surface area contributed by atoms with Gasteiger partial charge in [-0.1, -0.05) is 6.92 Å². The van der Waals surface area contributed by atoms with Crippen molar-refractivity contribution in [1.82, 2.24) is 15.1 Å². The first kappa shape index (κ1) is 15.3. The molecule has 23 heavy (non-hydrogen) atoms. The molecule has 0 saturated carbocycles. The minimum absolute atomic E-state index is 0.0441. The SMILES string of the molecule is CCC(C(=O)NCc1ccco1)N1C(=O)CCn2nc(C)cc21. The van der Waals surface area contributed by atoms with Gasteiger partial charge in [-0.3, -0.25) is 14.5 Å². The van der Waals surface area contributed by atoms with E-state index < -0.39 is 6.04 Å². The van der Waals surface area contributed by atoms with E-state index in [9.17, 15) is 9.59 Å². The zero-order valence-electron chi connectivity index (χ0n) is 13.3. The topological polar surface area (TPSA) is 80.4 Å². The monoisotopic (exact) mass is 316 g/mol. The summed E-state index contributed by atoms with van der Waals surface area (Å²) < 4.78 is 7.00. The fraction of sp³-hybridized carbons (Fsp3) is 0.438. The molecule has 3 rings (SSSR count). The van der Waals surface area contributed by atoms with Crippen LogP contribution in [0.3, 0.4) is 0 Å². The van der Waals surface area contributed by atoms with Gasteiger partial charge in [0.2, 0.25) is 11.8 Å². The minimum Gasteiger partial charge on any atom is -0.467 e. The number of anilines is 1. The molecule has 0 aliphatic carbocycles. The molecule has 2 aromatic heterocycles. The highest BCUT2D eigenvalue weighted by Gasteiger charge is 2.34. The van der Waals surface area contributed by atoms with Crippen LogP contribution in [0.5, 0.6) is 0 Å². The highest BCUT2D eigenvalue weighted by molar-refractivity contribution is 6.00. The number of hydrogen-bond donors (Lipinski definition) is 1. The predicted octanol–water partition coefficient (Wildman–Crippen LogP) is 1.62. The average Bonchev–Trinajstić information content (AvgIpc) is 3.16. The zero-order chi connectivity index (χ0) is 16.4. The van der Waals surface area contributed by atoms with Crippen LogP contribution in [0.15, 0.2) is 28.9 Å². The molecule has 0 spiro atoms. The predicted molar refractivity (Wildman–Crippen MR) is 83.7 cm³/mol. The van der Waals surface area contributed by atoms with Crippen molar-refractivity contribution in [2.45, 2.75) is 45.8 Å². The third-order valence-electron chi connectivity index (χ3n) is 3.95. The third-order valence-corrected chi connectivity index (χ3v) is 3.95. The van der Waals surface area contributed by atoms with E-state index in [1.165, 1.54) is 0 Å². The molecule has 0 aromatic carbocycles. The van der Waals surface area contributed by atoms with Crippen LogP contribution in [0.25, 0.3) is 0 Å². The van der Waals surface area contributed by atoms with E-state index in [0.29, 0.717) is 37.5 Å². The first-order chi connectivity index (χ1) is 11.1. The smallest absolute Gasteiger partial charge is 0.243 e. The Morgan fingerprint density at radius 1 is 1.52 bits per heavy atom. The van der Waals surface area contributed by atoms with Crippen molar-refractivity contribution < 1.29 is 14.0 Å². The van der Waals surface area contributed by atoms with Crippen molar-refractivity contribution in [1.29, 1.82) is 0 Å². The van der Waals surface area contributed by atoms with Crippen LogP contribution in [0.1, 0.15) is 31.2 Å². The summed E-state index contributed by atoms with van der Waals surface area (Å²) >= 11 is 0. The summed E-state index contributed by atoms with van der Waals surface area (Å²) in [6.07, 6.45) is 2.45. The lowest BCUT2D eigenvalue weighted by atomic mass is 10.1. The maximum Gasteiger partial charge on any atom is 0.243 e. The van der Waals surface area contributed by atoms with E-state index in [-0.39, 0.29) is 11.8 Å². The number of amides is 2. The van der Waals surface area contributed by atoms with E-state index in [1.807, 2.05) is 19.9 Å². The lowest BCUT2D eigenvalue weighted by molar-refractivity contribution is -0.127. The number of aromatic nitrogens is 2. The molecule has 1 N–H and O–H groups in total. The summed E-state index contributed by atoms with van der Waals surface area (Å²) in [6, 6.07) is 4.87. The van der Waals surface area contributed by atoms with E-state index in [0.717, 1.165) is 5.69 Å². The fourth-order valence-corrected chi connectivity index (χ4v) is 2.86. The Kier molecular flexibility index (Phi) is 4.18. The van der Waals surface area contributed by atoms with Crippen LogP contribution in [0, 0.1) is 6.92 Å². The van der Waals surface area contributed by atoms with Gasteiger partial charge < -0.3 is 9.73 Å². The summed E-state index contributed by atoms with van der Waals surface area (Å²) in [5.41, 5.74) is 0.838. The van der Waals surface area contributed by atoms with E-state index >= 15 is 0 Å². The van der Waals surface area contributed by atoms with Gasteiger partial charge in [-0.25, -0.2) is 4.68 Å². The van der Waals surface area contributed by atoms with E-state index in [4.69, 9.17) is 4.42 Å². The summed E-state index contributed by atoms with van der Waals surface area (Å²) in [5, 5.41) is 7.21. The standard InChI is InChI=1S/C16H20N4O3/c1-3-13(16(22)17-10-12-5-4-8-23-12)20-14-9-11(2)18-19(14)7-6-15(20)21/h4-5,8-9,13H,3,6-7,10H2,1-2H3,(H,17,22). The van der Waals surface area contributed by atoms with Gasteiger partial charge >= 0.3 is 0 Å². The first-order valence-electron chi connectivity index (χ1n) is 7.76. The van der Waals surface area contributed by atoms with Crippen molar-refractivity contribution in [2.75, 3.05) is 4.90 Å². The summed E-state index contributed by atoms with van der Waals surface area (Å²) in [5.74, 6) is 1.14. The molecule has 7 nitrogen and oxygen atoms in total. The fourth-order valence-electron chi connectivity index (χ4n) is 2.86. The van der Waals surface area contributed by atoms with E-state index in [2.05, 4.69) is 10.4 Å². The zero-order valence-corrected chi connectivity index (χ0v) is 13.3. The Balaban J connectivity index is 1.79. The Hall–Kier alpha value is -2.57. The third kappa shape index (κ3) is 2.99. The second kappa shape index (κ2) is 6.28. The second-order valence-corrected chi connectivity index (χ2v) is 5.60. The number of rotatable bonds is 5. The lowest BCUT2D eigenvalue weighted by Crippen LogP contribution is -2.52. The Morgan fingerprint density at radius 3 is 3.04 bits per heavy atom. The van der Waals surface area contributed by atoms with Gasteiger partial charge in [0.15, 0.2) is 0 Å². The molecule has 1 aliphatic rings. The van der Waals surface area contributed by atoms with Gasteiger partial charge in [-0.2, -0.15) is 5.10 Å². The van der Waals surface area contributed by atoms with Crippen LogP contribution in [0.2, 0.25) is 0 Å². The van der Waals surface area contributed by atoms with Crippen molar-refractivity contribution in [2.24, 2.45) is 0 Å². The average molecular weight is 316 g/mol. The van der Waals surface area contributed by atoms with Crippen LogP contribution < -0.4 is 10.2 Å². The van der Waals surface area contributed by atoms with Crippen molar-refractivity contribution >= 4 is 17.6 Å². The molecule has 0 radical (unpaired) electrons. The molecule has 3 heterocycles. The number of furan rings is 1. The Labute approximate surface area is 134 Å². The van der Waals surface area contributed by atoms with E-state index in [1.54, 1.807) is 28.0 Å². The maximum atomic E-state index is 12.6. The Morgan fingerprint density at radius 2 is 2.35 bits per heavy atom. The number of nitrogens with one attached hydrogen (secondary N) is 1. The summed E-state index contributed by atoms with van der Waals surface area (Å²) in [7, 11) is 0. The molecular weight excluding hydrogens is 296 g/mol. The molecule has 1 unspecified atom stereocenters. The van der Waals surface area contributed by atoms with Gasteiger partial charge in [-0.05, 0) is 25.5 Å². The number of carbonyl (C=O) groups is 2. The molecule has 7 heteroatoms. The van der Waals surface area contributed by atoms with Crippen molar-refractivity contribution in [3.05, 3.63) is 35.9 Å². The molecule has 0 saturated heterocycles. The van der Waals surface area contributed by atoms with Crippen molar-refractivity contribution in [3.63, 3.8) is 0 Å². The normalized spacial score (nSPS) is 15.4. The second-order valence-electron chi connectivity index (χ2n) is 5.60. The van der Waals surface area contributed by atoms with Crippen LogP contribution >= 0.6 is 0 Å². The number of fused-ring (bicyclic) bond motifs is 1. The molecule has 0 bridgehead atoms. The van der Waals surface area contributed by atoms with Gasteiger partial charge in [0.25, 0.3) is 0 Å². The van der Waals surface area contributed by atoms with Gasteiger partial charge in [0.05, 0.1) is 25.0 Å². The molecule has 1 atom stereocenters. The number of hydrogen-bond acceptors (Lipinski definition) is 4. The Bertz CT molecular complexity index is 705. The van der Waals surface area contributed by atoms with Crippen LogP contribution in [-0.2, 0) is 22.7 Å². The highest BCUT2D eigenvalue weighted by atomic mass is 16.3.